The molecule has 0 unspecified atom stereocenters. The Hall–Kier alpha value is -1.26. The molecule has 1 fully saturated rings. The number of carboxylic acids is 1. The minimum absolute atomic E-state index is 0.0480. The molecular formula is C13H24N2O3. The van der Waals surface area contributed by atoms with Crippen molar-refractivity contribution in [2.45, 2.75) is 33.6 Å². The van der Waals surface area contributed by atoms with Crippen LogP contribution < -0.4 is 0 Å². The van der Waals surface area contributed by atoms with Crippen LogP contribution >= 0.6 is 0 Å². The summed E-state index contributed by atoms with van der Waals surface area (Å²) < 4.78 is 0. The fourth-order valence-corrected chi connectivity index (χ4v) is 2.37. The first-order valence-corrected chi connectivity index (χ1v) is 6.43. The highest BCUT2D eigenvalue weighted by molar-refractivity contribution is 5.76. The van der Waals surface area contributed by atoms with Crippen LogP contribution in [-0.2, 0) is 4.79 Å². The second-order valence-electron chi connectivity index (χ2n) is 6.32. The number of carbonyl (C=O) groups excluding carboxylic acids is 1. The number of nitrogens with zero attached hydrogens (tertiary/aromatic N) is 2. The molecule has 104 valence electrons. The van der Waals surface area contributed by atoms with Gasteiger partial charge < -0.3 is 14.9 Å². The lowest BCUT2D eigenvalue weighted by atomic mass is 9.96. The van der Waals surface area contributed by atoms with Crippen LogP contribution in [0.1, 0.15) is 33.6 Å². The van der Waals surface area contributed by atoms with Gasteiger partial charge >= 0.3 is 12.0 Å². The van der Waals surface area contributed by atoms with E-state index in [1.807, 2.05) is 0 Å². The van der Waals surface area contributed by atoms with Crippen LogP contribution in [0.5, 0.6) is 0 Å². The summed E-state index contributed by atoms with van der Waals surface area (Å²) in [5, 5.41) is 9.01. The summed E-state index contributed by atoms with van der Waals surface area (Å²) in [6.45, 7) is 7.90. The van der Waals surface area contributed by atoms with Gasteiger partial charge in [0.05, 0.1) is 5.92 Å². The van der Waals surface area contributed by atoms with Gasteiger partial charge in [-0.15, -0.1) is 0 Å². The van der Waals surface area contributed by atoms with Crippen LogP contribution in [0, 0.1) is 11.3 Å². The van der Waals surface area contributed by atoms with Crippen molar-refractivity contribution in [1.82, 2.24) is 9.80 Å². The zero-order valence-electron chi connectivity index (χ0n) is 11.8. The number of rotatable bonds is 2. The van der Waals surface area contributed by atoms with Crippen LogP contribution in [0.15, 0.2) is 0 Å². The Bertz CT molecular complexity index is 323. The van der Waals surface area contributed by atoms with E-state index in [1.54, 1.807) is 16.8 Å². The Balaban J connectivity index is 2.58. The van der Waals surface area contributed by atoms with Crippen LogP contribution in [0.25, 0.3) is 0 Å². The van der Waals surface area contributed by atoms with E-state index in [2.05, 4.69) is 20.8 Å². The average molecular weight is 256 g/mol. The maximum atomic E-state index is 12.2. The second kappa shape index (κ2) is 5.59. The number of hydrogen-bond acceptors (Lipinski definition) is 2. The monoisotopic (exact) mass is 256 g/mol. The zero-order chi connectivity index (χ0) is 13.9. The fourth-order valence-electron chi connectivity index (χ4n) is 2.37. The van der Waals surface area contributed by atoms with E-state index < -0.39 is 11.9 Å². The van der Waals surface area contributed by atoms with Crippen molar-refractivity contribution in [1.29, 1.82) is 0 Å². The average Bonchev–Trinajstić information content (AvgIpc) is 2.26. The molecule has 5 nitrogen and oxygen atoms in total. The second-order valence-corrected chi connectivity index (χ2v) is 6.32. The van der Waals surface area contributed by atoms with Crippen molar-refractivity contribution >= 4 is 12.0 Å². The largest absolute Gasteiger partial charge is 0.481 e. The predicted molar refractivity (Wildman–Crippen MR) is 69.4 cm³/mol. The molecule has 5 heteroatoms. The topological polar surface area (TPSA) is 60.9 Å². The molecule has 0 spiro atoms. The molecule has 0 aromatic heterocycles. The molecule has 1 aliphatic heterocycles. The van der Waals surface area contributed by atoms with Crippen LogP contribution in [0.2, 0.25) is 0 Å². The van der Waals surface area contributed by atoms with E-state index in [4.69, 9.17) is 5.11 Å². The summed E-state index contributed by atoms with van der Waals surface area (Å²) in [4.78, 5) is 26.5. The van der Waals surface area contributed by atoms with Crippen molar-refractivity contribution < 1.29 is 14.7 Å². The summed E-state index contributed by atoms with van der Waals surface area (Å²) >= 11 is 0. The molecule has 1 rings (SSSR count). The summed E-state index contributed by atoms with van der Waals surface area (Å²) in [5.74, 6) is -1.21. The number of carbonyl (C=O) groups is 2. The molecule has 18 heavy (non-hydrogen) atoms. The number of piperidine rings is 1. The molecule has 1 aliphatic rings. The number of aliphatic carboxylic acids is 1. The maximum absolute atomic E-state index is 12.2. The van der Waals surface area contributed by atoms with Crippen LogP contribution in [-0.4, -0.2) is 53.6 Å². The third-order valence-corrected chi connectivity index (χ3v) is 3.08. The van der Waals surface area contributed by atoms with Gasteiger partial charge in [0.2, 0.25) is 0 Å². The molecule has 0 aromatic rings. The molecule has 0 aromatic carbocycles. The Morgan fingerprint density at radius 3 is 2.50 bits per heavy atom. The minimum atomic E-state index is -0.800. The van der Waals surface area contributed by atoms with Crippen molar-refractivity contribution in [3.05, 3.63) is 0 Å². The molecule has 1 saturated heterocycles. The predicted octanol–water partition coefficient (Wildman–Crippen LogP) is 1.88. The van der Waals surface area contributed by atoms with Gasteiger partial charge in [-0.05, 0) is 18.3 Å². The molecule has 0 saturated carbocycles. The van der Waals surface area contributed by atoms with Crippen molar-refractivity contribution in [2.24, 2.45) is 11.3 Å². The highest BCUT2D eigenvalue weighted by Gasteiger charge is 2.30. The summed E-state index contributed by atoms with van der Waals surface area (Å²) in [6, 6.07) is -0.0594. The van der Waals surface area contributed by atoms with E-state index in [9.17, 15) is 9.59 Å². The maximum Gasteiger partial charge on any atom is 0.319 e. The Labute approximate surface area is 109 Å². The van der Waals surface area contributed by atoms with E-state index in [1.165, 1.54) is 0 Å². The lowest BCUT2D eigenvalue weighted by molar-refractivity contribution is -0.143. The quantitative estimate of drug-likeness (QED) is 0.820. The molecular weight excluding hydrogens is 232 g/mol. The molecule has 1 atom stereocenters. The van der Waals surface area contributed by atoms with Gasteiger partial charge in [-0.1, -0.05) is 20.8 Å². The highest BCUT2D eigenvalue weighted by atomic mass is 16.4. The Kier molecular flexibility index (Phi) is 4.59. The third kappa shape index (κ3) is 4.20. The molecule has 0 bridgehead atoms. The molecule has 0 aliphatic carbocycles. The molecule has 0 radical (unpaired) electrons. The number of urea groups is 1. The zero-order valence-corrected chi connectivity index (χ0v) is 11.8. The Morgan fingerprint density at radius 1 is 1.39 bits per heavy atom. The normalized spacial score (nSPS) is 20.7. The van der Waals surface area contributed by atoms with Gasteiger partial charge in [-0.2, -0.15) is 0 Å². The lowest BCUT2D eigenvalue weighted by Crippen LogP contribution is -2.49. The first-order valence-electron chi connectivity index (χ1n) is 6.43. The summed E-state index contributed by atoms with van der Waals surface area (Å²) in [5.41, 5.74) is 0.0480. The van der Waals surface area contributed by atoms with Gasteiger partial charge in [-0.25, -0.2) is 4.79 Å². The van der Waals surface area contributed by atoms with Crippen molar-refractivity contribution in [3.8, 4) is 0 Å². The van der Waals surface area contributed by atoms with Gasteiger partial charge in [0.25, 0.3) is 0 Å². The smallest absolute Gasteiger partial charge is 0.319 e. The van der Waals surface area contributed by atoms with Crippen LogP contribution in [0.3, 0.4) is 0 Å². The number of carboxylic acid groups (broad SMARTS) is 1. The van der Waals surface area contributed by atoms with Gasteiger partial charge in [0, 0.05) is 26.7 Å². The Morgan fingerprint density at radius 2 is 2.00 bits per heavy atom. The summed E-state index contributed by atoms with van der Waals surface area (Å²) in [7, 11) is 1.78. The number of hydrogen-bond donors (Lipinski definition) is 1. The van der Waals surface area contributed by atoms with E-state index in [0.717, 1.165) is 6.42 Å². The van der Waals surface area contributed by atoms with E-state index in [0.29, 0.717) is 26.1 Å². The number of amides is 2. The van der Waals surface area contributed by atoms with E-state index in [-0.39, 0.29) is 11.4 Å². The van der Waals surface area contributed by atoms with E-state index >= 15 is 0 Å². The van der Waals surface area contributed by atoms with Crippen molar-refractivity contribution in [3.63, 3.8) is 0 Å². The first kappa shape index (κ1) is 14.8. The first-order chi connectivity index (χ1) is 8.20. The SMILES string of the molecule is CN(CC(C)(C)C)C(=O)N1CCC[C@H](C(=O)O)C1. The number of likely N-dealkylation sites (tertiary alicyclic amines) is 1. The fraction of sp³-hybridized carbons (Fsp3) is 0.846. The van der Waals surface area contributed by atoms with Crippen LogP contribution in [0.4, 0.5) is 4.79 Å². The standard InChI is InChI=1S/C13H24N2O3/c1-13(2,3)9-14(4)12(18)15-7-5-6-10(8-15)11(16)17/h10H,5-9H2,1-4H3,(H,16,17)/t10-/m0/s1. The molecule has 2 amide bonds. The molecule has 1 N–H and O–H groups in total. The van der Waals surface area contributed by atoms with Gasteiger partial charge in [0.15, 0.2) is 0 Å². The van der Waals surface area contributed by atoms with Gasteiger partial charge in [-0.3, -0.25) is 4.79 Å². The lowest BCUT2D eigenvalue weighted by Gasteiger charge is -2.35. The van der Waals surface area contributed by atoms with Gasteiger partial charge in [0.1, 0.15) is 0 Å². The third-order valence-electron chi connectivity index (χ3n) is 3.08. The van der Waals surface area contributed by atoms with Crippen molar-refractivity contribution in [2.75, 3.05) is 26.7 Å². The highest BCUT2D eigenvalue weighted by Crippen LogP contribution is 2.20. The summed E-state index contributed by atoms with van der Waals surface area (Å²) in [6.07, 6.45) is 1.44. The molecule has 1 heterocycles. The minimum Gasteiger partial charge on any atom is -0.481 e.